The van der Waals surface area contributed by atoms with E-state index in [1.165, 1.54) is 6.42 Å². The van der Waals surface area contributed by atoms with E-state index in [4.69, 9.17) is 19.3 Å². The van der Waals surface area contributed by atoms with Gasteiger partial charge in [-0.05, 0) is 51.4 Å². The van der Waals surface area contributed by atoms with Crippen molar-refractivity contribution in [2.45, 2.75) is 69.9 Å². The lowest BCUT2D eigenvalue weighted by atomic mass is 10.00. The minimum atomic E-state index is -0.0224. The monoisotopic (exact) mass is 258 g/mol. The first-order valence-corrected chi connectivity index (χ1v) is 7.39. The molecule has 0 saturated carbocycles. The lowest BCUT2D eigenvalue weighted by molar-refractivity contribution is -0.224. The molecule has 0 aromatic carbocycles. The van der Waals surface area contributed by atoms with Gasteiger partial charge in [0.25, 0.3) is 0 Å². The van der Waals surface area contributed by atoms with E-state index in [1.807, 2.05) is 0 Å². The molecule has 0 amide bonds. The van der Waals surface area contributed by atoms with Gasteiger partial charge in [0.15, 0.2) is 6.29 Å². The maximum atomic E-state index is 8.83. The van der Waals surface area contributed by atoms with Crippen LogP contribution in [-0.4, -0.2) is 43.4 Å². The first-order valence-electron chi connectivity index (χ1n) is 7.39. The zero-order chi connectivity index (χ0) is 12.6. The Morgan fingerprint density at radius 3 is 2.67 bits per heavy atom. The second-order valence-electron chi connectivity index (χ2n) is 5.24. The predicted octanol–water partition coefficient (Wildman–Crippen LogP) is 2.24. The SMILES string of the molecule is OCCCC[C@H]1OCCC[C@@H]1OC1CCCCO1. The zero-order valence-corrected chi connectivity index (χ0v) is 11.2. The summed E-state index contributed by atoms with van der Waals surface area (Å²) in [4.78, 5) is 0. The quantitative estimate of drug-likeness (QED) is 0.742. The first kappa shape index (κ1) is 14.3. The van der Waals surface area contributed by atoms with Crippen molar-refractivity contribution in [2.24, 2.45) is 0 Å². The average molecular weight is 258 g/mol. The van der Waals surface area contributed by atoms with Crippen LogP contribution in [0.4, 0.5) is 0 Å². The molecule has 2 aliphatic rings. The van der Waals surface area contributed by atoms with E-state index in [-0.39, 0.29) is 25.1 Å². The first-order chi connectivity index (χ1) is 8.90. The predicted molar refractivity (Wildman–Crippen MR) is 68.4 cm³/mol. The lowest BCUT2D eigenvalue weighted by Crippen LogP contribution is -2.40. The van der Waals surface area contributed by atoms with Crippen LogP contribution < -0.4 is 0 Å². The fourth-order valence-electron chi connectivity index (χ4n) is 2.71. The van der Waals surface area contributed by atoms with Crippen LogP contribution in [0.15, 0.2) is 0 Å². The molecule has 0 radical (unpaired) electrons. The maximum absolute atomic E-state index is 8.83. The van der Waals surface area contributed by atoms with E-state index in [9.17, 15) is 0 Å². The third kappa shape index (κ3) is 4.50. The van der Waals surface area contributed by atoms with Crippen molar-refractivity contribution < 1.29 is 19.3 Å². The number of hydrogen-bond acceptors (Lipinski definition) is 4. The van der Waals surface area contributed by atoms with Crippen molar-refractivity contribution in [1.29, 1.82) is 0 Å². The number of aliphatic hydroxyl groups excluding tert-OH is 1. The van der Waals surface area contributed by atoms with Gasteiger partial charge in [0.2, 0.25) is 0 Å². The van der Waals surface area contributed by atoms with Crippen LogP contribution in [0.3, 0.4) is 0 Å². The Balaban J connectivity index is 1.75. The smallest absolute Gasteiger partial charge is 0.158 e. The molecule has 18 heavy (non-hydrogen) atoms. The summed E-state index contributed by atoms with van der Waals surface area (Å²) < 4.78 is 17.5. The largest absolute Gasteiger partial charge is 0.396 e. The number of ether oxygens (including phenoxy) is 3. The van der Waals surface area contributed by atoms with Gasteiger partial charge < -0.3 is 19.3 Å². The van der Waals surface area contributed by atoms with Crippen LogP contribution >= 0.6 is 0 Å². The molecule has 2 aliphatic heterocycles. The van der Waals surface area contributed by atoms with E-state index in [2.05, 4.69) is 0 Å². The van der Waals surface area contributed by atoms with Crippen molar-refractivity contribution in [3.8, 4) is 0 Å². The van der Waals surface area contributed by atoms with Gasteiger partial charge in [0, 0.05) is 19.8 Å². The molecule has 0 aromatic heterocycles. The van der Waals surface area contributed by atoms with Crippen molar-refractivity contribution in [3.63, 3.8) is 0 Å². The molecule has 2 rings (SSSR count). The molecule has 0 aliphatic carbocycles. The Hall–Kier alpha value is -0.160. The molecule has 4 nitrogen and oxygen atoms in total. The van der Waals surface area contributed by atoms with Gasteiger partial charge in [-0.2, -0.15) is 0 Å². The standard InChI is InChI=1S/C14H26O4/c15-9-3-1-6-12-13(7-5-11-16-12)18-14-8-2-4-10-17-14/h12-15H,1-11H2/t12-,13+,14?/m1/s1. The molecule has 0 spiro atoms. The maximum Gasteiger partial charge on any atom is 0.158 e. The molecule has 106 valence electrons. The summed E-state index contributed by atoms with van der Waals surface area (Å²) in [7, 11) is 0. The highest BCUT2D eigenvalue weighted by Gasteiger charge is 2.29. The second-order valence-corrected chi connectivity index (χ2v) is 5.24. The molecule has 2 fully saturated rings. The normalized spacial score (nSPS) is 33.5. The van der Waals surface area contributed by atoms with E-state index >= 15 is 0 Å². The topological polar surface area (TPSA) is 47.9 Å². The summed E-state index contributed by atoms with van der Waals surface area (Å²) in [6.07, 6.45) is 8.71. The van der Waals surface area contributed by atoms with Crippen molar-refractivity contribution in [3.05, 3.63) is 0 Å². The molecule has 0 bridgehead atoms. The number of unbranched alkanes of at least 4 members (excludes halogenated alkanes) is 1. The van der Waals surface area contributed by atoms with E-state index in [0.29, 0.717) is 0 Å². The summed E-state index contributed by atoms with van der Waals surface area (Å²) in [5, 5.41) is 8.83. The third-order valence-corrected chi connectivity index (χ3v) is 3.74. The minimum absolute atomic E-state index is 0.0224. The lowest BCUT2D eigenvalue weighted by Gasteiger charge is -2.35. The van der Waals surface area contributed by atoms with Crippen molar-refractivity contribution >= 4 is 0 Å². The van der Waals surface area contributed by atoms with Crippen LogP contribution in [0.5, 0.6) is 0 Å². The van der Waals surface area contributed by atoms with Gasteiger partial charge in [-0.3, -0.25) is 0 Å². The van der Waals surface area contributed by atoms with Crippen molar-refractivity contribution in [1.82, 2.24) is 0 Å². The third-order valence-electron chi connectivity index (χ3n) is 3.74. The van der Waals surface area contributed by atoms with Gasteiger partial charge in [-0.15, -0.1) is 0 Å². The Kier molecular flexibility index (Phi) is 6.41. The highest BCUT2D eigenvalue weighted by atomic mass is 16.7. The fourth-order valence-corrected chi connectivity index (χ4v) is 2.71. The van der Waals surface area contributed by atoms with Gasteiger partial charge in [-0.25, -0.2) is 0 Å². The summed E-state index contributed by atoms with van der Waals surface area (Å²) in [5.41, 5.74) is 0. The van der Waals surface area contributed by atoms with Gasteiger partial charge in [0.1, 0.15) is 0 Å². The summed E-state index contributed by atoms with van der Waals surface area (Å²) in [6.45, 7) is 1.94. The molecule has 0 aromatic rings. The zero-order valence-electron chi connectivity index (χ0n) is 11.2. The van der Waals surface area contributed by atoms with Crippen LogP contribution in [0.25, 0.3) is 0 Å². The van der Waals surface area contributed by atoms with Crippen LogP contribution in [0.2, 0.25) is 0 Å². The van der Waals surface area contributed by atoms with E-state index in [0.717, 1.165) is 58.2 Å². The molecule has 2 saturated heterocycles. The highest BCUT2D eigenvalue weighted by Crippen LogP contribution is 2.25. The summed E-state index contributed by atoms with van der Waals surface area (Å²) in [6, 6.07) is 0. The summed E-state index contributed by atoms with van der Waals surface area (Å²) in [5.74, 6) is 0. The average Bonchev–Trinajstić information content (AvgIpc) is 2.42. The van der Waals surface area contributed by atoms with Crippen molar-refractivity contribution in [2.75, 3.05) is 19.8 Å². The van der Waals surface area contributed by atoms with Gasteiger partial charge in [0.05, 0.1) is 12.2 Å². The van der Waals surface area contributed by atoms with Crippen LogP contribution in [0.1, 0.15) is 51.4 Å². The van der Waals surface area contributed by atoms with Crippen LogP contribution in [-0.2, 0) is 14.2 Å². The Bertz CT molecular complexity index is 216. The second kappa shape index (κ2) is 8.10. The van der Waals surface area contributed by atoms with Crippen LogP contribution in [0, 0.1) is 0 Å². The molecular formula is C14H26O4. The Morgan fingerprint density at radius 2 is 1.89 bits per heavy atom. The van der Waals surface area contributed by atoms with Gasteiger partial charge in [-0.1, -0.05) is 0 Å². The molecule has 2 heterocycles. The molecule has 3 atom stereocenters. The Morgan fingerprint density at radius 1 is 1.00 bits per heavy atom. The molecule has 4 heteroatoms. The number of aliphatic hydroxyl groups is 1. The van der Waals surface area contributed by atoms with E-state index in [1.54, 1.807) is 0 Å². The van der Waals surface area contributed by atoms with Gasteiger partial charge >= 0.3 is 0 Å². The van der Waals surface area contributed by atoms with E-state index < -0.39 is 0 Å². The number of hydrogen-bond donors (Lipinski definition) is 1. The fraction of sp³-hybridized carbons (Fsp3) is 1.00. The summed E-state index contributed by atoms with van der Waals surface area (Å²) >= 11 is 0. The molecule has 1 unspecified atom stereocenters. The number of rotatable bonds is 6. The Labute approximate surface area is 110 Å². The minimum Gasteiger partial charge on any atom is -0.396 e. The molecular weight excluding hydrogens is 232 g/mol. The molecule has 1 N–H and O–H groups in total. The highest BCUT2D eigenvalue weighted by molar-refractivity contribution is 4.76.